The van der Waals surface area contributed by atoms with Crippen LogP contribution in [-0.2, 0) is 0 Å². The minimum Gasteiger partial charge on any atom is -0.410 e. The van der Waals surface area contributed by atoms with Crippen molar-refractivity contribution in [2.45, 2.75) is 0 Å². The smallest absolute Gasteiger partial charge is 0.193 e. The fourth-order valence-electron chi connectivity index (χ4n) is 1.28. The van der Waals surface area contributed by atoms with E-state index in [1.54, 1.807) is 0 Å². The van der Waals surface area contributed by atoms with Gasteiger partial charge in [-0.15, -0.1) is 0 Å². The van der Waals surface area contributed by atoms with E-state index in [0.29, 0.717) is 20.8 Å². The number of nitrogens with zero attached hydrogens (tertiary/aromatic N) is 2. The summed E-state index contributed by atoms with van der Waals surface area (Å²) in [7, 11) is 0. The molecule has 1 aromatic carbocycles. The highest BCUT2D eigenvalue weighted by Crippen LogP contribution is 2.20. The van der Waals surface area contributed by atoms with Crippen LogP contribution in [0.15, 0.2) is 12.1 Å². The van der Waals surface area contributed by atoms with E-state index in [1.807, 2.05) is 0 Å². The largest absolute Gasteiger partial charge is 0.410 e. The lowest BCUT2D eigenvalue weighted by Gasteiger charge is -1.99. The SMILES string of the molecule is N=c1c2cc(N)c(N)cc2n(O)n1O. The first-order valence-electron chi connectivity index (χ1n) is 3.78. The topological polar surface area (TPSA) is 126 Å². The summed E-state index contributed by atoms with van der Waals surface area (Å²) in [6, 6.07) is 2.81. The lowest BCUT2D eigenvalue weighted by molar-refractivity contribution is -0.0104. The average molecular weight is 195 g/mol. The molecule has 7 heteroatoms. The zero-order valence-corrected chi connectivity index (χ0v) is 7.10. The van der Waals surface area contributed by atoms with E-state index in [4.69, 9.17) is 16.9 Å². The maximum absolute atomic E-state index is 9.31. The molecule has 14 heavy (non-hydrogen) atoms. The summed E-state index contributed by atoms with van der Waals surface area (Å²) in [6.07, 6.45) is 0. The van der Waals surface area contributed by atoms with Gasteiger partial charge in [0.2, 0.25) is 0 Å². The molecular weight excluding hydrogens is 186 g/mol. The Hall–Kier alpha value is -2.31. The lowest BCUT2D eigenvalue weighted by atomic mass is 10.2. The molecule has 7 N–H and O–H groups in total. The summed E-state index contributed by atoms with van der Waals surface area (Å²) >= 11 is 0. The van der Waals surface area contributed by atoms with Crippen LogP contribution in [0, 0.1) is 5.41 Å². The predicted octanol–water partition coefficient (Wildman–Crippen LogP) is -0.439. The molecule has 0 bridgehead atoms. The van der Waals surface area contributed by atoms with Gasteiger partial charge in [-0.25, -0.2) is 0 Å². The summed E-state index contributed by atoms with van der Waals surface area (Å²) in [5.74, 6) is 0. The number of fused-ring (bicyclic) bond motifs is 1. The van der Waals surface area contributed by atoms with Crippen molar-refractivity contribution in [3.8, 4) is 0 Å². The normalized spacial score (nSPS) is 10.9. The maximum Gasteiger partial charge on any atom is 0.193 e. The van der Waals surface area contributed by atoms with Crippen LogP contribution in [0.4, 0.5) is 11.4 Å². The minimum atomic E-state index is -0.255. The molecule has 2 aromatic rings. The Morgan fingerprint density at radius 2 is 1.64 bits per heavy atom. The molecule has 0 aliphatic heterocycles. The van der Waals surface area contributed by atoms with Gasteiger partial charge < -0.3 is 21.9 Å². The van der Waals surface area contributed by atoms with Gasteiger partial charge in [0, 0.05) is 0 Å². The molecule has 0 aliphatic carbocycles. The van der Waals surface area contributed by atoms with Crippen LogP contribution in [0.2, 0.25) is 0 Å². The summed E-state index contributed by atoms with van der Waals surface area (Å²) in [5, 5.41) is 26.2. The van der Waals surface area contributed by atoms with Crippen molar-refractivity contribution in [1.29, 1.82) is 5.41 Å². The number of aromatic nitrogens is 2. The van der Waals surface area contributed by atoms with Crippen LogP contribution in [0.25, 0.3) is 10.9 Å². The molecule has 0 saturated carbocycles. The number of rotatable bonds is 0. The molecule has 74 valence electrons. The van der Waals surface area contributed by atoms with Gasteiger partial charge >= 0.3 is 0 Å². The Kier molecular flexibility index (Phi) is 1.39. The second-order valence-electron chi connectivity index (χ2n) is 2.93. The Bertz CT molecular complexity index is 567. The number of nitrogen functional groups attached to an aromatic ring is 2. The first-order valence-corrected chi connectivity index (χ1v) is 3.78. The van der Waals surface area contributed by atoms with Gasteiger partial charge in [-0.05, 0) is 12.1 Å². The fourth-order valence-corrected chi connectivity index (χ4v) is 1.28. The standard InChI is InChI=1S/C7H9N5O2/c8-4-1-3-6(2-5(4)9)11(13)12(14)7(3)10/h1-2,10,13-14H,8-9H2. The van der Waals surface area contributed by atoms with Crippen LogP contribution >= 0.6 is 0 Å². The van der Waals surface area contributed by atoms with Gasteiger partial charge in [-0.2, -0.15) is 0 Å². The lowest BCUT2D eigenvalue weighted by Crippen LogP contribution is -2.18. The van der Waals surface area contributed by atoms with E-state index in [9.17, 15) is 10.4 Å². The quantitative estimate of drug-likeness (QED) is 0.288. The molecular formula is C7H9N5O2. The highest BCUT2D eigenvalue weighted by Gasteiger charge is 2.10. The Morgan fingerprint density at radius 3 is 2.29 bits per heavy atom. The molecule has 1 aromatic heterocycles. The summed E-state index contributed by atoms with van der Waals surface area (Å²) in [5.41, 5.74) is 11.6. The number of anilines is 2. The van der Waals surface area contributed by atoms with Gasteiger partial charge in [0.05, 0.1) is 16.8 Å². The Morgan fingerprint density at radius 1 is 1.07 bits per heavy atom. The second-order valence-corrected chi connectivity index (χ2v) is 2.93. The van der Waals surface area contributed by atoms with Gasteiger partial charge in [0.1, 0.15) is 5.52 Å². The van der Waals surface area contributed by atoms with Crippen LogP contribution in [0.1, 0.15) is 0 Å². The fraction of sp³-hybridized carbons (Fsp3) is 0. The molecule has 0 spiro atoms. The average Bonchev–Trinajstić information content (AvgIpc) is 2.34. The van der Waals surface area contributed by atoms with Crippen molar-refractivity contribution >= 4 is 22.3 Å². The first-order chi connectivity index (χ1) is 6.52. The molecule has 0 radical (unpaired) electrons. The number of nitrogens with one attached hydrogen (secondary N) is 1. The monoisotopic (exact) mass is 195 g/mol. The van der Waals surface area contributed by atoms with E-state index in [0.717, 1.165) is 0 Å². The molecule has 0 unspecified atom stereocenters. The van der Waals surface area contributed by atoms with E-state index in [1.165, 1.54) is 12.1 Å². The van der Waals surface area contributed by atoms with Crippen LogP contribution in [0.5, 0.6) is 0 Å². The van der Waals surface area contributed by atoms with Crippen molar-refractivity contribution < 1.29 is 10.4 Å². The van der Waals surface area contributed by atoms with Gasteiger partial charge in [0.25, 0.3) is 0 Å². The van der Waals surface area contributed by atoms with Crippen molar-refractivity contribution in [2.75, 3.05) is 11.5 Å². The van der Waals surface area contributed by atoms with Crippen molar-refractivity contribution in [1.82, 2.24) is 9.69 Å². The number of benzene rings is 1. The van der Waals surface area contributed by atoms with E-state index in [-0.39, 0.29) is 16.7 Å². The van der Waals surface area contributed by atoms with Crippen molar-refractivity contribution in [3.63, 3.8) is 0 Å². The number of hydrogen-bond donors (Lipinski definition) is 5. The predicted molar refractivity (Wildman–Crippen MR) is 49.0 cm³/mol. The molecule has 0 aliphatic rings. The second kappa shape index (κ2) is 2.34. The molecule has 0 saturated heterocycles. The molecule has 0 atom stereocenters. The minimum absolute atomic E-state index is 0.226. The summed E-state index contributed by atoms with van der Waals surface area (Å²) < 4.78 is 0. The molecule has 0 fully saturated rings. The zero-order chi connectivity index (χ0) is 10.5. The third-order valence-electron chi connectivity index (χ3n) is 2.05. The highest BCUT2D eigenvalue weighted by molar-refractivity contribution is 5.87. The summed E-state index contributed by atoms with van der Waals surface area (Å²) in [4.78, 5) is 0.719. The van der Waals surface area contributed by atoms with Crippen LogP contribution in [0.3, 0.4) is 0 Å². The number of hydrogen-bond acceptors (Lipinski definition) is 5. The third-order valence-corrected chi connectivity index (χ3v) is 2.05. The summed E-state index contributed by atoms with van der Waals surface area (Å²) in [6.45, 7) is 0. The van der Waals surface area contributed by atoms with E-state index < -0.39 is 0 Å². The number of nitrogens with two attached hydrogens (primary N) is 2. The highest BCUT2D eigenvalue weighted by atomic mass is 16.6. The molecule has 7 nitrogen and oxygen atoms in total. The van der Waals surface area contributed by atoms with Gasteiger partial charge in [-0.3, -0.25) is 5.41 Å². The van der Waals surface area contributed by atoms with Crippen LogP contribution in [-0.4, -0.2) is 20.1 Å². The molecule has 2 rings (SSSR count). The van der Waals surface area contributed by atoms with Crippen LogP contribution < -0.4 is 17.0 Å². The Labute approximate surface area is 77.8 Å². The first kappa shape index (κ1) is 8.30. The maximum atomic E-state index is 9.31. The van der Waals surface area contributed by atoms with Gasteiger partial charge in [0.15, 0.2) is 5.49 Å². The Balaban J connectivity index is 3.04. The molecule has 0 amide bonds. The van der Waals surface area contributed by atoms with E-state index in [2.05, 4.69) is 0 Å². The van der Waals surface area contributed by atoms with Gasteiger partial charge in [-0.1, -0.05) is 9.69 Å². The zero-order valence-electron chi connectivity index (χ0n) is 7.10. The van der Waals surface area contributed by atoms with E-state index >= 15 is 0 Å². The van der Waals surface area contributed by atoms with Crippen molar-refractivity contribution in [3.05, 3.63) is 17.6 Å². The van der Waals surface area contributed by atoms with Crippen molar-refractivity contribution in [2.24, 2.45) is 0 Å². The third kappa shape index (κ3) is 0.830. The molecule has 1 heterocycles.